The third-order valence-corrected chi connectivity index (χ3v) is 4.16. The van der Waals surface area contributed by atoms with E-state index >= 15 is 0 Å². The van der Waals surface area contributed by atoms with Gasteiger partial charge in [-0.25, -0.2) is 4.79 Å². The second-order valence-corrected chi connectivity index (χ2v) is 6.27. The summed E-state index contributed by atoms with van der Waals surface area (Å²) >= 11 is 0. The molecule has 2 heterocycles. The number of carbonyl (C=O) groups excluding carboxylic acids is 2. The quantitative estimate of drug-likeness (QED) is 0.486. The molecule has 2 aromatic carbocycles. The number of aromatic nitrogens is 4. The molecule has 3 aromatic rings. The molecule has 1 amide bonds. The minimum atomic E-state index is -0.741. The van der Waals surface area contributed by atoms with Gasteiger partial charge in [0.1, 0.15) is 0 Å². The first-order valence-electron chi connectivity index (χ1n) is 8.99. The van der Waals surface area contributed by atoms with Gasteiger partial charge in [-0.15, -0.1) is 5.10 Å². The summed E-state index contributed by atoms with van der Waals surface area (Å²) in [4.78, 5) is 24.9. The maximum absolute atomic E-state index is 12.7. The van der Waals surface area contributed by atoms with E-state index in [2.05, 4.69) is 20.8 Å². The maximum Gasteiger partial charge on any atom is 0.357 e. The van der Waals surface area contributed by atoms with Crippen molar-refractivity contribution in [3.05, 3.63) is 59.9 Å². The monoisotopic (exact) mass is 407 g/mol. The Bertz CT molecular complexity index is 1110. The Morgan fingerprint density at radius 2 is 1.97 bits per heavy atom. The van der Waals surface area contributed by atoms with Gasteiger partial charge in [-0.1, -0.05) is 30.3 Å². The number of hydrogen-bond acceptors (Lipinski definition) is 8. The van der Waals surface area contributed by atoms with Crippen LogP contribution in [0.15, 0.2) is 48.5 Å². The Balaban J connectivity index is 1.44. The summed E-state index contributed by atoms with van der Waals surface area (Å²) in [5.41, 5.74) is 1.33. The average molecular weight is 407 g/mol. The van der Waals surface area contributed by atoms with Crippen LogP contribution in [0.4, 0.5) is 5.69 Å². The summed E-state index contributed by atoms with van der Waals surface area (Å²) in [6.07, 6.45) is 1.58. The summed E-state index contributed by atoms with van der Waals surface area (Å²) in [5, 5.41) is 13.8. The molecule has 0 bridgehead atoms. The third-order valence-electron chi connectivity index (χ3n) is 4.16. The summed E-state index contributed by atoms with van der Waals surface area (Å²) < 4.78 is 16.9. The van der Waals surface area contributed by atoms with Crippen molar-refractivity contribution >= 4 is 29.3 Å². The topological polar surface area (TPSA) is 117 Å². The fourth-order valence-electron chi connectivity index (χ4n) is 2.74. The van der Waals surface area contributed by atoms with Crippen LogP contribution in [-0.4, -0.2) is 45.5 Å². The molecule has 0 unspecified atom stereocenters. The standard InChI is InChI=1S/C20H17N5O5/c1-13-22-23-24-25(13)16(9-14-5-3-2-4-6-14)20(27)28-11-19(26)21-15-7-8-17-18(10-15)30-12-29-17/h2-10H,11-12H2,1H3,(H,21,26)/b16-9-. The molecule has 1 aliphatic rings. The van der Waals surface area contributed by atoms with Gasteiger partial charge in [0.25, 0.3) is 5.91 Å². The first-order chi connectivity index (χ1) is 14.6. The van der Waals surface area contributed by atoms with Gasteiger partial charge in [-0.05, 0) is 41.1 Å². The molecule has 1 aromatic heterocycles. The first-order valence-corrected chi connectivity index (χ1v) is 8.99. The highest BCUT2D eigenvalue weighted by molar-refractivity contribution is 6.15. The predicted molar refractivity (Wildman–Crippen MR) is 105 cm³/mol. The molecule has 1 N–H and O–H groups in total. The number of anilines is 1. The maximum atomic E-state index is 12.7. The van der Waals surface area contributed by atoms with Crippen molar-refractivity contribution in [1.29, 1.82) is 0 Å². The third kappa shape index (κ3) is 4.27. The predicted octanol–water partition coefficient (Wildman–Crippen LogP) is 1.89. The molecule has 0 atom stereocenters. The average Bonchev–Trinajstić information content (AvgIpc) is 3.39. The van der Waals surface area contributed by atoms with Gasteiger partial charge < -0.3 is 19.5 Å². The number of nitrogens with zero attached hydrogens (tertiary/aromatic N) is 4. The number of esters is 1. The van der Waals surface area contributed by atoms with E-state index in [0.717, 1.165) is 5.56 Å². The van der Waals surface area contributed by atoms with E-state index < -0.39 is 18.5 Å². The molecule has 0 aliphatic carbocycles. The second-order valence-electron chi connectivity index (χ2n) is 6.27. The van der Waals surface area contributed by atoms with Crippen LogP contribution in [0.2, 0.25) is 0 Å². The summed E-state index contributed by atoms with van der Waals surface area (Å²) in [6, 6.07) is 14.1. The SMILES string of the molecule is Cc1nnnn1/C(=C\c1ccccc1)C(=O)OCC(=O)Nc1ccc2c(c1)OCO2. The number of nitrogens with one attached hydrogen (secondary N) is 1. The van der Waals surface area contributed by atoms with Gasteiger partial charge in [0.15, 0.2) is 29.6 Å². The van der Waals surface area contributed by atoms with Gasteiger partial charge in [0.05, 0.1) is 0 Å². The molecular weight excluding hydrogens is 390 g/mol. The summed E-state index contributed by atoms with van der Waals surface area (Å²) in [5.74, 6) is 0.294. The Kier molecular flexibility index (Phi) is 5.37. The Morgan fingerprint density at radius 3 is 2.73 bits per heavy atom. The van der Waals surface area contributed by atoms with E-state index in [4.69, 9.17) is 14.2 Å². The van der Waals surface area contributed by atoms with Crippen LogP contribution < -0.4 is 14.8 Å². The van der Waals surface area contributed by atoms with Gasteiger partial charge in [0, 0.05) is 11.8 Å². The zero-order valence-corrected chi connectivity index (χ0v) is 15.9. The number of tetrazole rings is 1. The van der Waals surface area contributed by atoms with Crippen molar-refractivity contribution in [2.24, 2.45) is 0 Å². The minimum absolute atomic E-state index is 0.0829. The molecule has 0 radical (unpaired) electrons. The fraction of sp³-hybridized carbons (Fsp3) is 0.150. The lowest BCUT2D eigenvalue weighted by molar-refractivity contribution is -0.141. The minimum Gasteiger partial charge on any atom is -0.454 e. The van der Waals surface area contributed by atoms with Gasteiger partial charge in [-0.3, -0.25) is 4.79 Å². The van der Waals surface area contributed by atoms with Crippen LogP contribution in [0.5, 0.6) is 11.5 Å². The number of benzene rings is 2. The van der Waals surface area contributed by atoms with Crippen molar-refractivity contribution in [3.8, 4) is 11.5 Å². The van der Waals surface area contributed by atoms with Gasteiger partial charge >= 0.3 is 5.97 Å². The van der Waals surface area contributed by atoms with E-state index in [1.807, 2.05) is 30.3 Å². The number of ether oxygens (including phenoxy) is 3. The largest absolute Gasteiger partial charge is 0.454 e. The number of amides is 1. The zero-order valence-electron chi connectivity index (χ0n) is 15.9. The van der Waals surface area contributed by atoms with Crippen LogP contribution in [-0.2, 0) is 14.3 Å². The molecule has 1 aliphatic heterocycles. The lowest BCUT2D eigenvalue weighted by Crippen LogP contribution is -2.23. The number of hydrogen-bond donors (Lipinski definition) is 1. The Morgan fingerprint density at radius 1 is 1.17 bits per heavy atom. The van der Waals surface area contributed by atoms with E-state index in [9.17, 15) is 9.59 Å². The van der Waals surface area contributed by atoms with Crippen LogP contribution in [0, 0.1) is 6.92 Å². The summed E-state index contributed by atoms with van der Waals surface area (Å²) in [7, 11) is 0. The number of aryl methyl sites for hydroxylation is 1. The Hall–Kier alpha value is -4.21. The molecule has 10 heteroatoms. The fourth-order valence-corrected chi connectivity index (χ4v) is 2.74. The van der Waals surface area contributed by atoms with Crippen molar-refractivity contribution in [2.75, 3.05) is 18.7 Å². The van der Waals surface area contributed by atoms with Crippen LogP contribution in [0.1, 0.15) is 11.4 Å². The van der Waals surface area contributed by atoms with Crippen LogP contribution in [0.3, 0.4) is 0 Å². The molecule has 0 saturated heterocycles. The van der Waals surface area contributed by atoms with E-state index in [-0.39, 0.29) is 12.5 Å². The number of rotatable bonds is 6. The van der Waals surface area contributed by atoms with E-state index in [1.165, 1.54) is 4.68 Å². The van der Waals surface area contributed by atoms with E-state index in [1.54, 1.807) is 31.2 Å². The normalized spacial score (nSPS) is 12.5. The molecule has 0 fully saturated rings. The first kappa shape index (κ1) is 19.1. The van der Waals surface area contributed by atoms with Crippen molar-refractivity contribution < 1.29 is 23.8 Å². The van der Waals surface area contributed by atoms with Crippen molar-refractivity contribution in [1.82, 2.24) is 20.2 Å². The van der Waals surface area contributed by atoms with Crippen molar-refractivity contribution in [3.63, 3.8) is 0 Å². The smallest absolute Gasteiger partial charge is 0.357 e. The lowest BCUT2D eigenvalue weighted by atomic mass is 10.2. The van der Waals surface area contributed by atoms with E-state index in [0.29, 0.717) is 23.0 Å². The second kappa shape index (κ2) is 8.43. The van der Waals surface area contributed by atoms with Crippen LogP contribution >= 0.6 is 0 Å². The van der Waals surface area contributed by atoms with Crippen molar-refractivity contribution in [2.45, 2.75) is 6.92 Å². The zero-order chi connectivity index (χ0) is 20.9. The summed E-state index contributed by atoms with van der Waals surface area (Å²) in [6.45, 7) is 1.30. The highest BCUT2D eigenvalue weighted by atomic mass is 16.7. The molecule has 30 heavy (non-hydrogen) atoms. The molecule has 0 saturated carbocycles. The number of fused-ring (bicyclic) bond motifs is 1. The molecule has 10 nitrogen and oxygen atoms in total. The highest BCUT2D eigenvalue weighted by Gasteiger charge is 2.19. The van der Waals surface area contributed by atoms with Crippen LogP contribution in [0.25, 0.3) is 11.8 Å². The lowest BCUT2D eigenvalue weighted by Gasteiger charge is -2.10. The van der Waals surface area contributed by atoms with Gasteiger partial charge in [0.2, 0.25) is 6.79 Å². The molecular formula is C20H17N5O5. The number of carbonyl (C=O) groups is 2. The highest BCUT2D eigenvalue weighted by Crippen LogP contribution is 2.34. The Labute approximate surface area is 171 Å². The molecule has 0 spiro atoms. The molecule has 152 valence electrons. The molecule has 4 rings (SSSR count). The van der Waals surface area contributed by atoms with Gasteiger partial charge in [-0.2, -0.15) is 4.68 Å².